The molecule has 2 N–H and O–H groups in total. The SMILES string of the molecule is O.O=P(c1ccccc1)(c1ccccc1)c1cccc(P(=O)(c2ccccc2)c2ccccc2)n1. The van der Waals surface area contributed by atoms with Crippen LogP contribution in [0.5, 0.6) is 0 Å². The number of benzene rings is 4. The second kappa shape index (κ2) is 10.4. The Kier molecular flexibility index (Phi) is 7.28. The number of hydrogen-bond acceptors (Lipinski definition) is 3. The van der Waals surface area contributed by atoms with Gasteiger partial charge < -0.3 is 14.6 Å². The fourth-order valence-electron chi connectivity index (χ4n) is 4.14. The van der Waals surface area contributed by atoms with Gasteiger partial charge in [-0.3, -0.25) is 0 Å². The Bertz CT molecular complexity index is 1290. The highest BCUT2D eigenvalue weighted by Gasteiger charge is 2.35. The number of pyridine rings is 1. The fourth-order valence-corrected chi connectivity index (χ4v) is 9.33. The largest absolute Gasteiger partial charge is 0.412 e. The molecule has 0 atom stereocenters. The van der Waals surface area contributed by atoms with Crippen LogP contribution < -0.4 is 32.1 Å². The topological polar surface area (TPSA) is 78.5 Å². The molecule has 4 nitrogen and oxygen atoms in total. The van der Waals surface area contributed by atoms with Crippen molar-refractivity contribution in [3.05, 3.63) is 140 Å². The molecule has 35 heavy (non-hydrogen) atoms. The minimum absolute atomic E-state index is 0. The molecule has 4 aromatic carbocycles. The van der Waals surface area contributed by atoms with Crippen LogP contribution in [0.3, 0.4) is 0 Å². The summed E-state index contributed by atoms with van der Waals surface area (Å²) in [5, 5.41) is 2.78. The van der Waals surface area contributed by atoms with Gasteiger partial charge in [0.1, 0.15) is 10.9 Å². The summed E-state index contributed by atoms with van der Waals surface area (Å²) in [6.45, 7) is 0. The summed E-state index contributed by atoms with van der Waals surface area (Å²) in [5.41, 5.74) is 0.851. The number of aromatic nitrogens is 1. The fraction of sp³-hybridized carbons (Fsp3) is 0. The summed E-state index contributed by atoms with van der Waals surface area (Å²) in [6, 6.07) is 43.0. The molecule has 0 amide bonds. The van der Waals surface area contributed by atoms with E-state index in [9.17, 15) is 9.13 Å². The molecule has 0 unspecified atom stereocenters. The van der Waals surface area contributed by atoms with E-state index >= 15 is 0 Å². The lowest BCUT2D eigenvalue weighted by Gasteiger charge is -2.22. The Hall–Kier alpha value is -3.55. The number of rotatable bonds is 6. The van der Waals surface area contributed by atoms with Gasteiger partial charge in [0.05, 0.1) is 0 Å². The first-order chi connectivity index (χ1) is 16.6. The molecule has 0 fully saturated rings. The molecule has 5 rings (SSSR count). The highest BCUT2D eigenvalue weighted by atomic mass is 31.2. The Morgan fingerprint density at radius 1 is 0.371 bits per heavy atom. The predicted octanol–water partition coefficient (Wildman–Crippen LogP) is 3.54. The third kappa shape index (κ3) is 4.45. The van der Waals surface area contributed by atoms with E-state index in [-0.39, 0.29) is 5.48 Å². The Labute approximate surface area is 205 Å². The Morgan fingerprint density at radius 2 is 0.629 bits per heavy atom. The summed E-state index contributed by atoms with van der Waals surface area (Å²) in [6.07, 6.45) is 0. The van der Waals surface area contributed by atoms with Crippen LogP contribution in [-0.4, -0.2) is 10.5 Å². The number of hydrogen-bond donors (Lipinski definition) is 0. The molecule has 1 heterocycles. The van der Waals surface area contributed by atoms with E-state index in [2.05, 4.69) is 0 Å². The number of nitrogens with zero attached hydrogens (tertiary/aromatic N) is 1. The van der Waals surface area contributed by atoms with Crippen molar-refractivity contribution in [1.29, 1.82) is 0 Å². The zero-order valence-corrected chi connectivity index (χ0v) is 20.7. The molecule has 1 aromatic heterocycles. The second-order valence-corrected chi connectivity index (χ2v) is 13.3. The van der Waals surface area contributed by atoms with Gasteiger partial charge in [0.2, 0.25) is 0 Å². The first-order valence-electron chi connectivity index (χ1n) is 11.0. The van der Waals surface area contributed by atoms with E-state index in [0.717, 1.165) is 0 Å². The zero-order chi connectivity index (χ0) is 23.4. The summed E-state index contributed by atoms with van der Waals surface area (Å²) >= 11 is 0. The van der Waals surface area contributed by atoms with Crippen LogP contribution in [0.4, 0.5) is 0 Å². The van der Waals surface area contributed by atoms with Gasteiger partial charge in [-0.15, -0.1) is 0 Å². The van der Waals surface area contributed by atoms with Crippen LogP contribution in [0.1, 0.15) is 0 Å². The van der Waals surface area contributed by atoms with Crippen LogP contribution in [0, 0.1) is 0 Å². The summed E-state index contributed by atoms with van der Waals surface area (Å²) < 4.78 is 29.6. The van der Waals surface area contributed by atoms with E-state index < -0.39 is 14.3 Å². The van der Waals surface area contributed by atoms with Crippen molar-refractivity contribution in [2.45, 2.75) is 0 Å². The highest BCUT2D eigenvalue weighted by Crippen LogP contribution is 2.44. The van der Waals surface area contributed by atoms with Crippen molar-refractivity contribution in [2.24, 2.45) is 0 Å². The van der Waals surface area contributed by atoms with Crippen LogP contribution in [0.2, 0.25) is 0 Å². The van der Waals surface area contributed by atoms with Crippen molar-refractivity contribution in [2.75, 3.05) is 0 Å². The zero-order valence-electron chi connectivity index (χ0n) is 18.9. The normalized spacial score (nSPS) is 11.4. The van der Waals surface area contributed by atoms with Gasteiger partial charge >= 0.3 is 0 Å². The lowest BCUT2D eigenvalue weighted by molar-refractivity contribution is 0.592. The van der Waals surface area contributed by atoms with Crippen molar-refractivity contribution < 1.29 is 14.6 Å². The molecular weight excluding hydrogens is 472 g/mol. The smallest absolute Gasteiger partial charge is 0.188 e. The van der Waals surface area contributed by atoms with Crippen LogP contribution in [-0.2, 0) is 9.13 Å². The molecule has 174 valence electrons. The molecule has 0 aliphatic rings. The second-order valence-electron chi connectivity index (χ2n) is 7.91. The molecule has 0 spiro atoms. The average molecular weight is 497 g/mol. The Balaban J connectivity index is 0.00000289. The summed E-state index contributed by atoms with van der Waals surface area (Å²) in [5.74, 6) is 0. The van der Waals surface area contributed by atoms with Gasteiger partial charge in [-0.2, -0.15) is 0 Å². The molecule has 0 radical (unpaired) electrons. The molecule has 0 bridgehead atoms. The maximum Gasteiger partial charge on any atom is 0.188 e. The highest BCUT2D eigenvalue weighted by molar-refractivity contribution is 7.86. The van der Waals surface area contributed by atoms with Gasteiger partial charge in [-0.25, -0.2) is 4.98 Å². The van der Waals surface area contributed by atoms with E-state index in [1.165, 1.54) is 0 Å². The molecule has 5 aromatic rings. The lowest BCUT2D eigenvalue weighted by Crippen LogP contribution is -2.33. The minimum Gasteiger partial charge on any atom is -0.412 e. The quantitative estimate of drug-likeness (QED) is 0.337. The standard InChI is InChI=1S/C29H23NO2P2.H2O/c31-33(24-14-5-1-6-15-24,25-16-7-2-8-17-25)28-22-13-23-29(30-28)34(32,26-18-9-3-10-19-26)27-20-11-4-12-21-27;/h1-23H;1H2. The molecule has 0 aliphatic heterocycles. The summed E-state index contributed by atoms with van der Waals surface area (Å²) in [7, 11) is -6.58. The Morgan fingerprint density at radius 3 is 0.886 bits per heavy atom. The molecule has 0 saturated heterocycles. The van der Waals surface area contributed by atoms with Crippen molar-refractivity contribution in [3.63, 3.8) is 0 Å². The third-order valence-electron chi connectivity index (χ3n) is 5.84. The van der Waals surface area contributed by atoms with Gasteiger partial charge in [0.15, 0.2) is 14.3 Å². The van der Waals surface area contributed by atoms with E-state index in [1.54, 1.807) is 12.1 Å². The molecule has 0 saturated carbocycles. The van der Waals surface area contributed by atoms with Crippen LogP contribution >= 0.6 is 14.3 Å². The predicted molar refractivity (Wildman–Crippen MR) is 147 cm³/mol. The van der Waals surface area contributed by atoms with Crippen molar-refractivity contribution in [3.8, 4) is 0 Å². The van der Waals surface area contributed by atoms with Crippen LogP contribution in [0.15, 0.2) is 140 Å². The van der Waals surface area contributed by atoms with Gasteiger partial charge in [0, 0.05) is 21.2 Å². The van der Waals surface area contributed by atoms with Crippen molar-refractivity contribution in [1.82, 2.24) is 4.98 Å². The monoisotopic (exact) mass is 497 g/mol. The first-order valence-corrected chi connectivity index (χ1v) is 14.5. The first kappa shape index (κ1) is 24.6. The summed E-state index contributed by atoms with van der Waals surface area (Å²) in [4.78, 5) is 4.90. The lowest BCUT2D eigenvalue weighted by atomic mass is 10.4. The average Bonchev–Trinajstić information content (AvgIpc) is 2.94. The molecular formula is C29H25NO3P2. The van der Waals surface area contributed by atoms with Crippen LogP contribution in [0.25, 0.3) is 0 Å². The van der Waals surface area contributed by atoms with E-state index in [4.69, 9.17) is 4.98 Å². The van der Waals surface area contributed by atoms with Gasteiger partial charge in [-0.1, -0.05) is 127 Å². The third-order valence-corrected chi connectivity index (χ3v) is 11.7. The molecule has 6 heteroatoms. The van der Waals surface area contributed by atoms with Crippen molar-refractivity contribution >= 4 is 46.4 Å². The van der Waals surface area contributed by atoms with E-state index in [0.29, 0.717) is 32.1 Å². The van der Waals surface area contributed by atoms with E-state index in [1.807, 2.05) is 127 Å². The van der Waals surface area contributed by atoms with Gasteiger partial charge in [-0.05, 0) is 12.1 Å². The maximum atomic E-state index is 14.8. The maximum absolute atomic E-state index is 14.8. The molecule has 0 aliphatic carbocycles. The minimum atomic E-state index is -3.29. The van der Waals surface area contributed by atoms with Gasteiger partial charge in [0.25, 0.3) is 0 Å².